The Bertz CT molecular complexity index is 1470. The molecule has 0 atom stereocenters. The van der Waals surface area contributed by atoms with E-state index in [1.165, 1.54) is 23.1 Å². The highest BCUT2D eigenvalue weighted by Crippen LogP contribution is 2.32. The first-order valence-corrected chi connectivity index (χ1v) is 11.6. The van der Waals surface area contributed by atoms with E-state index in [4.69, 9.17) is 4.74 Å². The van der Waals surface area contributed by atoms with Crippen LogP contribution in [0.4, 0.5) is 19.1 Å². The lowest BCUT2D eigenvalue weighted by Gasteiger charge is -2.13. The highest BCUT2D eigenvalue weighted by atomic mass is 32.2. The minimum absolute atomic E-state index is 0.0229. The van der Waals surface area contributed by atoms with Crippen LogP contribution in [-0.2, 0) is 23.2 Å². The first-order valence-electron chi connectivity index (χ1n) is 10.1. The number of nitrogens with zero attached hydrogens (tertiary/aromatic N) is 5. The lowest BCUT2D eigenvalue weighted by Crippen LogP contribution is -2.15. The number of rotatable bonds is 6. The van der Waals surface area contributed by atoms with E-state index in [-0.39, 0.29) is 22.5 Å². The smallest absolute Gasteiger partial charge is 0.433 e. The fourth-order valence-electron chi connectivity index (χ4n) is 3.32. The van der Waals surface area contributed by atoms with Gasteiger partial charge in [0.1, 0.15) is 16.3 Å². The topological polar surface area (TPSA) is 112 Å². The molecule has 182 valence electrons. The Morgan fingerprint density at radius 1 is 1.03 bits per heavy atom. The van der Waals surface area contributed by atoms with Gasteiger partial charge in [0, 0.05) is 24.9 Å². The number of anilines is 1. The molecule has 0 radical (unpaired) electrons. The van der Waals surface area contributed by atoms with Gasteiger partial charge >= 0.3 is 6.18 Å². The van der Waals surface area contributed by atoms with Crippen LogP contribution in [0.2, 0.25) is 0 Å². The summed E-state index contributed by atoms with van der Waals surface area (Å²) in [5.41, 5.74) is 1.74. The van der Waals surface area contributed by atoms with Crippen LogP contribution in [0.15, 0.2) is 59.9 Å². The standard InChI is InChI=1S/C22H19F3N6O3S/c1-13-5-4-6-14(2)20(13)17-9-19(34-15-7-8-18(26-10-15)22(23,24)25)29-21(28-17)30-35(32,33)16-11-27-31(3)12-16/h4-12H,1-3H3,(H,28,29,30). The summed E-state index contributed by atoms with van der Waals surface area (Å²) in [6, 6.07) is 8.93. The normalized spacial score (nSPS) is 11.9. The van der Waals surface area contributed by atoms with Gasteiger partial charge in [-0.2, -0.15) is 23.3 Å². The van der Waals surface area contributed by atoms with Crippen molar-refractivity contribution < 1.29 is 26.3 Å². The van der Waals surface area contributed by atoms with Gasteiger partial charge in [0.25, 0.3) is 10.0 Å². The Hall–Kier alpha value is -4.00. The predicted octanol–water partition coefficient (Wildman–Crippen LogP) is 4.50. The van der Waals surface area contributed by atoms with E-state index in [2.05, 4.69) is 24.8 Å². The average Bonchev–Trinajstić information content (AvgIpc) is 3.20. The van der Waals surface area contributed by atoms with Gasteiger partial charge < -0.3 is 4.74 Å². The number of sulfonamides is 1. The molecule has 13 heteroatoms. The molecule has 0 fully saturated rings. The number of aromatic nitrogens is 5. The molecule has 3 aromatic heterocycles. The Morgan fingerprint density at radius 3 is 2.31 bits per heavy atom. The van der Waals surface area contributed by atoms with Crippen molar-refractivity contribution >= 4 is 16.0 Å². The van der Waals surface area contributed by atoms with Crippen LogP contribution >= 0.6 is 0 Å². The van der Waals surface area contributed by atoms with Gasteiger partial charge in [0.05, 0.1) is 18.1 Å². The zero-order valence-corrected chi connectivity index (χ0v) is 19.5. The fourth-order valence-corrected chi connectivity index (χ4v) is 4.24. The van der Waals surface area contributed by atoms with Gasteiger partial charge in [-0.15, -0.1) is 0 Å². The summed E-state index contributed by atoms with van der Waals surface area (Å²) in [5, 5.41) is 3.86. The zero-order valence-electron chi connectivity index (χ0n) is 18.7. The van der Waals surface area contributed by atoms with Crippen molar-refractivity contribution in [3.8, 4) is 22.9 Å². The Morgan fingerprint density at radius 2 is 1.74 bits per heavy atom. The van der Waals surface area contributed by atoms with Crippen molar-refractivity contribution in [2.45, 2.75) is 24.9 Å². The molecule has 1 aromatic carbocycles. The summed E-state index contributed by atoms with van der Waals surface area (Å²) in [7, 11) is -2.50. The molecule has 0 aliphatic rings. The Balaban J connectivity index is 1.76. The maximum Gasteiger partial charge on any atom is 0.433 e. The Kier molecular flexibility index (Phi) is 6.19. The molecule has 1 N–H and O–H groups in total. The van der Waals surface area contributed by atoms with Gasteiger partial charge in [-0.3, -0.25) is 4.68 Å². The third kappa shape index (κ3) is 5.40. The van der Waals surface area contributed by atoms with Crippen LogP contribution in [0, 0.1) is 13.8 Å². The molecule has 0 amide bonds. The highest BCUT2D eigenvalue weighted by Gasteiger charge is 2.32. The first kappa shape index (κ1) is 24.1. The Labute approximate surface area is 198 Å². The number of aryl methyl sites for hydroxylation is 3. The molecule has 0 spiro atoms. The summed E-state index contributed by atoms with van der Waals surface area (Å²) >= 11 is 0. The zero-order chi connectivity index (χ0) is 25.4. The van der Waals surface area contributed by atoms with Gasteiger partial charge in [-0.25, -0.2) is 23.1 Å². The summed E-state index contributed by atoms with van der Waals surface area (Å²) in [6.07, 6.45) is -1.21. The number of nitrogens with one attached hydrogen (secondary N) is 1. The van der Waals surface area contributed by atoms with Crippen LogP contribution < -0.4 is 9.46 Å². The number of pyridine rings is 1. The second-order valence-electron chi connectivity index (χ2n) is 7.62. The van der Waals surface area contributed by atoms with Gasteiger partial charge in [0.15, 0.2) is 0 Å². The predicted molar refractivity (Wildman–Crippen MR) is 120 cm³/mol. The number of hydrogen-bond acceptors (Lipinski definition) is 7. The SMILES string of the molecule is Cc1cccc(C)c1-c1cc(Oc2ccc(C(F)(F)F)nc2)nc(NS(=O)(=O)c2cnn(C)c2)n1. The van der Waals surface area contributed by atoms with E-state index in [0.717, 1.165) is 35.0 Å². The van der Waals surface area contributed by atoms with E-state index in [1.54, 1.807) is 7.05 Å². The van der Waals surface area contributed by atoms with Crippen LogP contribution in [0.3, 0.4) is 0 Å². The van der Waals surface area contributed by atoms with Crippen molar-refractivity contribution in [3.63, 3.8) is 0 Å². The monoisotopic (exact) mass is 504 g/mol. The third-order valence-electron chi connectivity index (χ3n) is 4.91. The fraction of sp³-hybridized carbons (Fsp3) is 0.182. The van der Waals surface area contributed by atoms with Gasteiger partial charge in [0.2, 0.25) is 11.8 Å². The molecule has 0 unspecified atom stereocenters. The minimum Gasteiger partial charge on any atom is -0.437 e. The molecule has 4 rings (SSSR count). The number of benzene rings is 1. The molecule has 9 nitrogen and oxygen atoms in total. The van der Waals surface area contributed by atoms with E-state index in [1.807, 2.05) is 32.0 Å². The van der Waals surface area contributed by atoms with Crippen molar-refractivity contribution in [3.05, 3.63) is 71.8 Å². The van der Waals surface area contributed by atoms with Crippen LogP contribution in [0.5, 0.6) is 11.6 Å². The maximum absolute atomic E-state index is 12.8. The van der Waals surface area contributed by atoms with E-state index in [0.29, 0.717) is 5.69 Å². The van der Waals surface area contributed by atoms with Crippen molar-refractivity contribution in [2.75, 3.05) is 4.72 Å². The van der Waals surface area contributed by atoms with Crippen LogP contribution in [0.1, 0.15) is 16.8 Å². The highest BCUT2D eigenvalue weighted by molar-refractivity contribution is 7.92. The van der Waals surface area contributed by atoms with Crippen molar-refractivity contribution in [2.24, 2.45) is 7.05 Å². The maximum atomic E-state index is 12.8. The second kappa shape index (κ2) is 8.98. The molecule has 4 aromatic rings. The molecule has 0 saturated carbocycles. The quantitative estimate of drug-likeness (QED) is 0.411. The number of ether oxygens (including phenoxy) is 1. The molecular formula is C22H19F3N6O3S. The van der Waals surface area contributed by atoms with Gasteiger partial charge in [-0.1, -0.05) is 18.2 Å². The summed E-state index contributed by atoms with van der Waals surface area (Å²) in [4.78, 5) is 11.7. The van der Waals surface area contributed by atoms with Crippen molar-refractivity contribution in [1.29, 1.82) is 0 Å². The van der Waals surface area contributed by atoms with E-state index in [9.17, 15) is 21.6 Å². The lowest BCUT2D eigenvalue weighted by atomic mass is 10.00. The molecule has 0 saturated heterocycles. The molecule has 0 aliphatic heterocycles. The summed E-state index contributed by atoms with van der Waals surface area (Å²) < 4.78 is 73.3. The molecular weight excluding hydrogens is 485 g/mol. The van der Waals surface area contributed by atoms with Gasteiger partial charge in [-0.05, 0) is 37.1 Å². The minimum atomic E-state index is -4.60. The van der Waals surface area contributed by atoms with Crippen LogP contribution in [-0.4, -0.2) is 33.2 Å². The molecule has 0 bridgehead atoms. The third-order valence-corrected chi connectivity index (χ3v) is 6.19. The van der Waals surface area contributed by atoms with Crippen molar-refractivity contribution in [1.82, 2.24) is 24.7 Å². The van der Waals surface area contributed by atoms with E-state index < -0.39 is 21.9 Å². The molecule has 35 heavy (non-hydrogen) atoms. The van der Waals surface area contributed by atoms with E-state index >= 15 is 0 Å². The lowest BCUT2D eigenvalue weighted by molar-refractivity contribution is -0.141. The first-order chi connectivity index (χ1) is 16.4. The largest absolute Gasteiger partial charge is 0.437 e. The molecule has 0 aliphatic carbocycles. The van der Waals surface area contributed by atoms with Crippen LogP contribution in [0.25, 0.3) is 11.3 Å². The second-order valence-corrected chi connectivity index (χ2v) is 9.30. The number of alkyl halides is 3. The molecule has 3 heterocycles. The number of hydrogen-bond donors (Lipinski definition) is 1. The number of halogens is 3. The summed E-state index contributed by atoms with van der Waals surface area (Å²) in [5.74, 6) is -0.405. The average molecular weight is 504 g/mol. The summed E-state index contributed by atoms with van der Waals surface area (Å²) in [6.45, 7) is 3.73.